The molecule has 5 nitrogen and oxygen atoms in total. The third-order valence-corrected chi connectivity index (χ3v) is 2.81. The van der Waals surface area contributed by atoms with Crippen molar-refractivity contribution < 1.29 is 4.79 Å². The van der Waals surface area contributed by atoms with E-state index in [9.17, 15) is 4.79 Å². The molecule has 0 saturated heterocycles. The summed E-state index contributed by atoms with van der Waals surface area (Å²) in [6.45, 7) is 1.26. The molecule has 5 heteroatoms. The fraction of sp³-hybridized carbons (Fsp3) is 0.385. The number of aliphatic imine (C=N–C) groups is 1. The number of fused-ring (bicyclic) bond motifs is 1. The van der Waals surface area contributed by atoms with Crippen LogP contribution in [0.1, 0.15) is 12.0 Å². The van der Waals surface area contributed by atoms with Gasteiger partial charge in [-0.1, -0.05) is 18.2 Å². The molecule has 1 heterocycles. The quantitative estimate of drug-likeness (QED) is 0.837. The maximum atomic E-state index is 11.4. The van der Waals surface area contributed by atoms with Crippen LogP contribution in [-0.2, 0) is 11.3 Å². The summed E-state index contributed by atoms with van der Waals surface area (Å²) in [4.78, 5) is 17.4. The first kappa shape index (κ1) is 12.4. The highest BCUT2D eigenvalue weighted by Gasteiger charge is 2.10. The van der Waals surface area contributed by atoms with Gasteiger partial charge in [-0.25, -0.2) is 4.99 Å². The van der Waals surface area contributed by atoms with Crippen LogP contribution in [0.5, 0.6) is 0 Å². The highest BCUT2D eigenvalue weighted by Crippen LogP contribution is 2.18. The van der Waals surface area contributed by atoms with Crippen LogP contribution >= 0.6 is 0 Å². The highest BCUT2D eigenvalue weighted by molar-refractivity contribution is 5.95. The van der Waals surface area contributed by atoms with Gasteiger partial charge in [-0.05, 0) is 11.6 Å². The molecule has 0 radical (unpaired) electrons. The number of para-hydroxylation sites is 1. The lowest BCUT2D eigenvalue weighted by atomic mass is 10.1. The molecule has 0 fully saturated rings. The number of benzene rings is 1. The largest absolute Gasteiger partial charge is 0.356 e. The van der Waals surface area contributed by atoms with Gasteiger partial charge in [0.2, 0.25) is 5.91 Å². The summed E-state index contributed by atoms with van der Waals surface area (Å²) in [6.07, 6.45) is 0.468. The second-order valence-electron chi connectivity index (χ2n) is 4.41. The monoisotopic (exact) mass is 246 g/mol. The zero-order chi connectivity index (χ0) is 13.0. The first-order valence-electron chi connectivity index (χ1n) is 6.00. The molecular formula is C13H18N4O. The van der Waals surface area contributed by atoms with Gasteiger partial charge >= 0.3 is 0 Å². The van der Waals surface area contributed by atoms with Crippen LogP contribution in [0.3, 0.4) is 0 Å². The van der Waals surface area contributed by atoms with Crippen molar-refractivity contribution in [2.45, 2.75) is 13.0 Å². The molecule has 2 N–H and O–H groups in total. The lowest BCUT2D eigenvalue weighted by molar-refractivity contribution is -0.128. The number of amides is 1. The number of anilines is 1. The van der Waals surface area contributed by atoms with Gasteiger partial charge in [0, 0.05) is 32.7 Å². The zero-order valence-corrected chi connectivity index (χ0v) is 10.7. The summed E-state index contributed by atoms with van der Waals surface area (Å²) in [6, 6.07) is 8.07. The first-order valence-corrected chi connectivity index (χ1v) is 6.00. The standard InChI is InChI=1S/C13H18N4O/c1-17(2)12(18)7-8-14-13-15-9-10-5-3-4-6-11(10)16-13/h3-6H,7-9H2,1-2H3,(H2,14,15,16). The van der Waals surface area contributed by atoms with E-state index in [0.29, 0.717) is 19.5 Å². The number of hydrogen-bond donors (Lipinski definition) is 2. The Bertz CT molecular complexity index is 468. The van der Waals surface area contributed by atoms with Gasteiger partial charge in [-0.15, -0.1) is 0 Å². The van der Waals surface area contributed by atoms with E-state index in [1.165, 1.54) is 5.56 Å². The van der Waals surface area contributed by atoms with Gasteiger partial charge in [0.05, 0.1) is 6.54 Å². The average Bonchev–Trinajstić information content (AvgIpc) is 2.38. The molecule has 0 spiro atoms. The van der Waals surface area contributed by atoms with Crippen molar-refractivity contribution in [2.24, 2.45) is 4.99 Å². The lowest BCUT2D eigenvalue weighted by Crippen LogP contribution is -2.35. The highest BCUT2D eigenvalue weighted by atomic mass is 16.2. The fourth-order valence-electron chi connectivity index (χ4n) is 1.72. The van der Waals surface area contributed by atoms with Crippen molar-refractivity contribution in [3.8, 4) is 0 Å². The molecule has 2 rings (SSSR count). The van der Waals surface area contributed by atoms with E-state index in [2.05, 4.69) is 21.7 Å². The lowest BCUT2D eigenvalue weighted by Gasteiger charge is -2.19. The van der Waals surface area contributed by atoms with Crippen LogP contribution in [0.25, 0.3) is 0 Å². The van der Waals surface area contributed by atoms with Crippen molar-refractivity contribution in [2.75, 3.05) is 26.0 Å². The van der Waals surface area contributed by atoms with Crippen LogP contribution < -0.4 is 10.6 Å². The van der Waals surface area contributed by atoms with Gasteiger partial charge in [0.1, 0.15) is 0 Å². The van der Waals surface area contributed by atoms with Crippen molar-refractivity contribution in [3.05, 3.63) is 29.8 Å². The Morgan fingerprint density at radius 3 is 3.00 bits per heavy atom. The van der Waals surface area contributed by atoms with Gasteiger partial charge in [-0.2, -0.15) is 0 Å². The maximum Gasteiger partial charge on any atom is 0.223 e. The van der Waals surface area contributed by atoms with E-state index in [-0.39, 0.29) is 5.91 Å². The third kappa shape index (κ3) is 3.00. The molecule has 1 amide bonds. The van der Waals surface area contributed by atoms with E-state index < -0.39 is 0 Å². The number of carbonyl (C=O) groups is 1. The Morgan fingerprint density at radius 1 is 1.44 bits per heavy atom. The molecule has 1 aliphatic rings. The summed E-state index contributed by atoms with van der Waals surface area (Å²) in [5.74, 6) is 0.847. The van der Waals surface area contributed by atoms with E-state index >= 15 is 0 Å². The topological polar surface area (TPSA) is 56.7 Å². The summed E-state index contributed by atoms with van der Waals surface area (Å²) in [7, 11) is 3.52. The second-order valence-corrected chi connectivity index (χ2v) is 4.41. The summed E-state index contributed by atoms with van der Waals surface area (Å²) < 4.78 is 0. The second kappa shape index (κ2) is 5.53. The fourth-order valence-corrected chi connectivity index (χ4v) is 1.72. The molecule has 0 aliphatic carbocycles. The number of hydrogen-bond acceptors (Lipinski definition) is 4. The van der Waals surface area contributed by atoms with Crippen LogP contribution in [0.2, 0.25) is 0 Å². The number of guanidine groups is 1. The van der Waals surface area contributed by atoms with E-state index in [4.69, 9.17) is 0 Å². The van der Waals surface area contributed by atoms with Crippen LogP contribution in [0.4, 0.5) is 5.69 Å². The smallest absolute Gasteiger partial charge is 0.223 e. The van der Waals surface area contributed by atoms with E-state index in [1.54, 1.807) is 19.0 Å². The predicted molar refractivity (Wildman–Crippen MR) is 72.5 cm³/mol. The van der Waals surface area contributed by atoms with E-state index in [0.717, 1.165) is 11.6 Å². The van der Waals surface area contributed by atoms with Crippen molar-refractivity contribution in [1.29, 1.82) is 0 Å². The Labute approximate surface area is 107 Å². The van der Waals surface area contributed by atoms with Crippen molar-refractivity contribution in [3.63, 3.8) is 0 Å². The molecular weight excluding hydrogens is 228 g/mol. The number of nitrogens with zero attached hydrogens (tertiary/aromatic N) is 2. The summed E-state index contributed by atoms with van der Waals surface area (Å²) in [5, 5.41) is 6.35. The van der Waals surface area contributed by atoms with Gasteiger partial charge in [0.15, 0.2) is 5.96 Å². The molecule has 18 heavy (non-hydrogen) atoms. The molecule has 0 bridgehead atoms. The third-order valence-electron chi connectivity index (χ3n) is 2.81. The van der Waals surface area contributed by atoms with Crippen LogP contribution in [-0.4, -0.2) is 37.4 Å². The minimum atomic E-state index is 0.110. The Hall–Kier alpha value is -2.04. The number of rotatable bonds is 3. The minimum Gasteiger partial charge on any atom is -0.356 e. The first-order chi connectivity index (χ1) is 8.66. The van der Waals surface area contributed by atoms with Gasteiger partial charge < -0.3 is 15.5 Å². The maximum absolute atomic E-state index is 11.4. The normalized spacial score (nSPS) is 13.1. The summed E-state index contributed by atoms with van der Waals surface area (Å²) in [5.41, 5.74) is 2.27. The molecule has 1 aromatic carbocycles. The Kier molecular flexibility index (Phi) is 3.82. The number of nitrogens with one attached hydrogen (secondary N) is 2. The van der Waals surface area contributed by atoms with Crippen molar-refractivity contribution >= 4 is 17.6 Å². The van der Waals surface area contributed by atoms with Gasteiger partial charge in [0.25, 0.3) is 0 Å². The molecule has 0 atom stereocenters. The van der Waals surface area contributed by atoms with Crippen molar-refractivity contribution in [1.82, 2.24) is 10.2 Å². The average molecular weight is 246 g/mol. The zero-order valence-electron chi connectivity index (χ0n) is 10.7. The molecule has 0 aromatic heterocycles. The van der Waals surface area contributed by atoms with Crippen LogP contribution in [0, 0.1) is 0 Å². The Morgan fingerprint density at radius 2 is 2.22 bits per heavy atom. The molecule has 1 aliphatic heterocycles. The van der Waals surface area contributed by atoms with Gasteiger partial charge in [-0.3, -0.25) is 4.79 Å². The SMILES string of the molecule is CN(C)C(=O)CCNC1=NCc2ccccc2N1. The Balaban J connectivity index is 1.83. The predicted octanol–water partition coefficient (Wildman–Crippen LogP) is 1.04. The molecule has 96 valence electrons. The molecule has 1 aromatic rings. The molecule has 0 saturated carbocycles. The minimum absolute atomic E-state index is 0.110. The summed E-state index contributed by atoms with van der Waals surface area (Å²) >= 11 is 0. The number of carbonyl (C=O) groups excluding carboxylic acids is 1. The van der Waals surface area contributed by atoms with Crippen LogP contribution in [0.15, 0.2) is 29.3 Å². The van der Waals surface area contributed by atoms with E-state index in [1.807, 2.05) is 18.2 Å². The molecule has 0 unspecified atom stereocenters.